The largest absolute Gasteiger partial charge is 0.298 e. The number of likely N-dealkylation sites (tertiary alicyclic amines) is 1. The van der Waals surface area contributed by atoms with Crippen LogP contribution in [-0.4, -0.2) is 34.1 Å². The second kappa shape index (κ2) is 6.94. The second-order valence-corrected chi connectivity index (χ2v) is 6.93. The van der Waals surface area contributed by atoms with Crippen molar-refractivity contribution in [3.05, 3.63) is 58.6 Å². The maximum Gasteiger partial charge on any atom is 0.167 e. The Balaban J connectivity index is 1.49. The van der Waals surface area contributed by atoms with E-state index in [0.717, 1.165) is 49.1 Å². The standard InChI is InChI=1S/C19H18ClN3O2/c20-16-7-1-4-13(10-16)19(24)15-6-3-9-23(12-15)11-14-5-2-8-17-18(14)22-25-21-17/h1-2,4-5,7-8,10,15H,3,6,9,11-12H2/t15-/m0/s1. The number of hydrogen-bond acceptors (Lipinski definition) is 5. The molecule has 0 amide bonds. The lowest BCUT2D eigenvalue weighted by atomic mass is 9.90. The van der Waals surface area contributed by atoms with Crippen molar-refractivity contribution in [1.82, 2.24) is 15.2 Å². The second-order valence-electron chi connectivity index (χ2n) is 6.50. The van der Waals surface area contributed by atoms with Crippen LogP contribution in [0.25, 0.3) is 11.0 Å². The molecule has 0 aliphatic carbocycles. The number of carbonyl (C=O) groups is 1. The Labute approximate surface area is 150 Å². The molecule has 128 valence electrons. The first-order valence-corrected chi connectivity index (χ1v) is 8.81. The minimum atomic E-state index is 0.00172. The molecule has 1 aliphatic rings. The van der Waals surface area contributed by atoms with Crippen molar-refractivity contribution >= 4 is 28.4 Å². The van der Waals surface area contributed by atoms with Crippen LogP contribution in [0.4, 0.5) is 0 Å². The van der Waals surface area contributed by atoms with Crippen LogP contribution in [0.3, 0.4) is 0 Å². The molecule has 0 saturated carbocycles. The molecular formula is C19H18ClN3O2. The van der Waals surface area contributed by atoms with E-state index in [2.05, 4.69) is 15.2 Å². The third kappa shape index (κ3) is 3.43. The van der Waals surface area contributed by atoms with Gasteiger partial charge in [0.25, 0.3) is 0 Å². The molecule has 3 aromatic rings. The van der Waals surface area contributed by atoms with Crippen molar-refractivity contribution in [1.29, 1.82) is 0 Å². The molecule has 4 rings (SSSR count). The van der Waals surface area contributed by atoms with Crippen molar-refractivity contribution in [3.8, 4) is 0 Å². The molecule has 6 heteroatoms. The van der Waals surface area contributed by atoms with E-state index in [-0.39, 0.29) is 11.7 Å². The van der Waals surface area contributed by atoms with E-state index in [0.29, 0.717) is 10.6 Å². The summed E-state index contributed by atoms with van der Waals surface area (Å²) in [4.78, 5) is 15.1. The van der Waals surface area contributed by atoms with Crippen molar-refractivity contribution < 1.29 is 9.42 Å². The number of nitrogens with zero attached hydrogens (tertiary/aromatic N) is 3. The smallest absolute Gasteiger partial charge is 0.167 e. The molecule has 0 unspecified atom stereocenters. The SMILES string of the molecule is O=C(c1cccc(Cl)c1)[C@H]1CCCN(Cc2cccc3nonc23)C1. The molecule has 0 spiro atoms. The van der Waals surface area contributed by atoms with E-state index in [9.17, 15) is 4.79 Å². The zero-order valence-electron chi connectivity index (χ0n) is 13.7. The summed E-state index contributed by atoms with van der Waals surface area (Å²) in [5, 5.41) is 8.49. The molecule has 1 atom stereocenters. The molecule has 2 aromatic carbocycles. The summed E-state index contributed by atoms with van der Waals surface area (Å²) < 4.78 is 4.84. The molecular weight excluding hydrogens is 338 g/mol. The van der Waals surface area contributed by atoms with Gasteiger partial charge in [-0.25, -0.2) is 4.63 Å². The van der Waals surface area contributed by atoms with Crippen LogP contribution >= 0.6 is 11.6 Å². The fraction of sp³-hybridized carbons (Fsp3) is 0.316. The van der Waals surface area contributed by atoms with Crippen LogP contribution in [0, 0.1) is 5.92 Å². The number of benzene rings is 2. The van der Waals surface area contributed by atoms with E-state index in [4.69, 9.17) is 16.2 Å². The number of ketones is 1. The Morgan fingerprint density at radius 3 is 3.00 bits per heavy atom. The van der Waals surface area contributed by atoms with E-state index in [1.165, 1.54) is 0 Å². The number of aromatic nitrogens is 2. The van der Waals surface area contributed by atoms with E-state index in [1.54, 1.807) is 12.1 Å². The Morgan fingerprint density at radius 2 is 2.12 bits per heavy atom. The number of halogens is 1. The molecule has 0 radical (unpaired) electrons. The summed E-state index contributed by atoms with van der Waals surface area (Å²) in [6.07, 6.45) is 1.92. The van der Waals surface area contributed by atoms with Crippen molar-refractivity contribution in [2.75, 3.05) is 13.1 Å². The summed E-state index contributed by atoms with van der Waals surface area (Å²) in [5.41, 5.74) is 3.34. The minimum absolute atomic E-state index is 0.00172. The molecule has 1 aliphatic heterocycles. The van der Waals surface area contributed by atoms with Gasteiger partial charge in [-0.3, -0.25) is 9.69 Å². The molecule has 1 aromatic heterocycles. The van der Waals surface area contributed by atoms with Crippen LogP contribution < -0.4 is 0 Å². The number of Topliss-reactive ketones (excluding diaryl/α,β-unsaturated/α-hetero) is 1. The van der Waals surface area contributed by atoms with Crippen molar-refractivity contribution in [3.63, 3.8) is 0 Å². The average Bonchev–Trinajstić information content (AvgIpc) is 3.11. The summed E-state index contributed by atoms with van der Waals surface area (Å²) in [7, 11) is 0. The van der Waals surface area contributed by atoms with Crippen molar-refractivity contribution in [2.45, 2.75) is 19.4 Å². The molecule has 1 fully saturated rings. The van der Waals surface area contributed by atoms with Gasteiger partial charge in [-0.2, -0.15) is 0 Å². The Morgan fingerprint density at radius 1 is 1.24 bits per heavy atom. The fourth-order valence-corrected chi connectivity index (χ4v) is 3.71. The third-order valence-electron chi connectivity index (χ3n) is 4.75. The highest BCUT2D eigenvalue weighted by atomic mass is 35.5. The lowest BCUT2D eigenvalue weighted by Crippen LogP contribution is -2.38. The predicted octanol–water partition coefficient (Wildman–Crippen LogP) is 3.97. The summed E-state index contributed by atoms with van der Waals surface area (Å²) in [6.45, 7) is 2.46. The quantitative estimate of drug-likeness (QED) is 0.663. The highest BCUT2D eigenvalue weighted by molar-refractivity contribution is 6.31. The normalized spacial score (nSPS) is 18.5. The van der Waals surface area contributed by atoms with E-state index < -0.39 is 0 Å². The zero-order valence-corrected chi connectivity index (χ0v) is 14.4. The van der Waals surface area contributed by atoms with Crippen molar-refractivity contribution in [2.24, 2.45) is 5.92 Å². The van der Waals surface area contributed by atoms with Crippen LogP contribution in [0.2, 0.25) is 5.02 Å². The molecule has 25 heavy (non-hydrogen) atoms. The van der Waals surface area contributed by atoms with Crippen LogP contribution in [-0.2, 0) is 6.54 Å². The lowest BCUT2D eigenvalue weighted by molar-refractivity contribution is 0.0812. The van der Waals surface area contributed by atoms with Gasteiger partial charge in [0.1, 0.15) is 11.0 Å². The topological polar surface area (TPSA) is 59.2 Å². The van der Waals surface area contributed by atoms with Crippen LogP contribution in [0.5, 0.6) is 0 Å². The Kier molecular flexibility index (Phi) is 4.51. The molecule has 0 N–H and O–H groups in total. The highest BCUT2D eigenvalue weighted by Gasteiger charge is 2.27. The van der Waals surface area contributed by atoms with Gasteiger partial charge in [-0.1, -0.05) is 35.9 Å². The van der Waals surface area contributed by atoms with Crippen LogP contribution in [0.15, 0.2) is 47.1 Å². The number of fused-ring (bicyclic) bond motifs is 1. The first-order valence-electron chi connectivity index (χ1n) is 8.43. The summed E-state index contributed by atoms with van der Waals surface area (Å²) in [6, 6.07) is 13.1. The Hall–Kier alpha value is -2.24. The molecule has 5 nitrogen and oxygen atoms in total. The van der Waals surface area contributed by atoms with Gasteiger partial charge in [-0.05, 0) is 53.5 Å². The number of rotatable bonds is 4. The van der Waals surface area contributed by atoms with Gasteiger partial charge in [0, 0.05) is 29.6 Å². The first-order chi connectivity index (χ1) is 12.2. The van der Waals surface area contributed by atoms with Gasteiger partial charge in [0.05, 0.1) is 0 Å². The molecule has 0 bridgehead atoms. The number of piperidine rings is 1. The van der Waals surface area contributed by atoms with Gasteiger partial charge in [0.2, 0.25) is 0 Å². The third-order valence-corrected chi connectivity index (χ3v) is 4.98. The van der Waals surface area contributed by atoms with Crippen LogP contribution in [0.1, 0.15) is 28.8 Å². The Bertz CT molecular complexity index is 908. The molecule has 2 heterocycles. The maximum absolute atomic E-state index is 12.8. The average molecular weight is 356 g/mol. The van der Waals surface area contributed by atoms with Gasteiger partial charge in [0.15, 0.2) is 5.78 Å². The monoisotopic (exact) mass is 355 g/mol. The first kappa shape index (κ1) is 16.2. The van der Waals surface area contributed by atoms with Gasteiger partial charge >= 0.3 is 0 Å². The van der Waals surface area contributed by atoms with E-state index in [1.807, 2.05) is 30.3 Å². The predicted molar refractivity (Wildman–Crippen MR) is 95.6 cm³/mol. The molecule has 1 saturated heterocycles. The number of hydrogen-bond donors (Lipinski definition) is 0. The fourth-order valence-electron chi connectivity index (χ4n) is 3.52. The minimum Gasteiger partial charge on any atom is -0.298 e. The van der Waals surface area contributed by atoms with Gasteiger partial charge in [-0.15, -0.1) is 0 Å². The lowest BCUT2D eigenvalue weighted by Gasteiger charge is -2.32. The van der Waals surface area contributed by atoms with Gasteiger partial charge < -0.3 is 0 Å². The maximum atomic E-state index is 12.8. The highest BCUT2D eigenvalue weighted by Crippen LogP contribution is 2.25. The number of carbonyl (C=O) groups excluding carboxylic acids is 1. The van der Waals surface area contributed by atoms with E-state index >= 15 is 0 Å². The zero-order chi connectivity index (χ0) is 17.2. The summed E-state index contributed by atoms with van der Waals surface area (Å²) in [5.74, 6) is 0.176. The summed E-state index contributed by atoms with van der Waals surface area (Å²) >= 11 is 6.02.